The van der Waals surface area contributed by atoms with Gasteiger partial charge in [-0.15, -0.1) is 0 Å². The van der Waals surface area contributed by atoms with Crippen LogP contribution >= 0.6 is 0 Å². The van der Waals surface area contributed by atoms with Gasteiger partial charge in [-0.1, -0.05) is 19.1 Å². The summed E-state index contributed by atoms with van der Waals surface area (Å²) in [6, 6.07) is 8.21. The van der Waals surface area contributed by atoms with Gasteiger partial charge >= 0.3 is 0 Å². The van der Waals surface area contributed by atoms with Gasteiger partial charge in [0.15, 0.2) is 0 Å². The molecule has 1 aromatic heterocycles. The minimum absolute atomic E-state index is 0.102. The molecule has 4 rings (SSSR count). The second-order valence-electron chi connectivity index (χ2n) is 6.35. The van der Waals surface area contributed by atoms with Gasteiger partial charge in [-0.2, -0.15) is 5.10 Å². The lowest BCUT2D eigenvalue weighted by molar-refractivity contribution is 0.0933. The van der Waals surface area contributed by atoms with Crippen molar-refractivity contribution in [3.05, 3.63) is 35.5 Å². The van der Waals surface area contributed by atoms with Gasteiger partial charge < -0.3 is 10.1 Å². The predicted octanol–water partition coefficient (Wildman–Crippen LogP) is 2.18. The van der Waals surface area contributed by atoms with Crippen LogP contribution in [-0.2, 0) is 6.61 Å². The van der Waals surface area contributed by atoms with Crippen molar-refractivity contribution < 1.29 is 9.53 Å². The van der Waals surface area contributed by atoms with Crippen LogP contribution in [0.5, 0.6) is 5.75 Å². The van der Waals surface area contributed by atoms with Crippen molar-refractivity contribution in [2.24, 2.45) is 0 Å². The molecule has 1 fully saturated rings. The molecule has 2 aliphatic heterocycles. The molecule has 0 radical (unpaired) electrons. The van der Waals surface area contributed by atoms with Crippen LogP contribution in [0, 0.1) is 0 Å². The number of aromatic nitrogens is 2. The fourth-order valence-corrected chi connectivity index (χ4v) is 3.70. The van der Waals surface area contributed by atoms with Crippen molar-refractivity contribution in [1.82, 2.24) is 20.4 Å². The van der Waals surface area contributed by atoms with Crippen LogP contribution in [0.2, 0.25) is 0 Å². The Morgan fingerprint density at radius 3 is 3.21 bits per heavy atom. The van der Waals surface area contributed by atoms with Gasteiger partial charge in [0.25, 0.3) is 5.91 Å². The zero-order chi connectivity index (χ0) is 16.5. The van der Waals surface area contributed by atoms with Crippen LogP contribution in [0.4, 0.5) is 0 Å². The lowest BCUT2D eigenvalue weighted by Crippen LogP contribution is -2.40. The summed E-state index contributed by atoms with van der Waals surface area (Å²) in [6.07, 6.45) is 2.35. The standard InChI is InChI=1S/C18H22N4O2/c1-2-22-9-5-6-12(22)10-19-18(23)17-14-11-24-15-8-4-3-7-13(15)16(14)20-21-17/h3-4,7-8,12H,2,5-6,9-11H2,1H3,(H,19,23)(H,20,21). The van der Waals surface area contributed by atoms with Crippen LogP contribution in [0.1, 0.15) is 35.8 Å². The maximum absolute atomic E-state index is 12.6. The minimum atomic E-state index is -0.102. The van der Waals surface area contributed by atoms with Crippen LogP contribution in [-0.4, -0.2) is 46.7 Å². The highest BCUT2D eigenvalue weighted by atomic mass is 16.5. The summed E-state index contributed by atoms with van der Waals surface area (Å²) in [5.74, 6) is 0.711. The summed E-state index contributed by atoms with van der Waals surface area (Å²) in [6.45, 7) is 5.37. The van der Waals surface area contributed by atoms with E-state index in [1.165, 1.54) is 6.42 Å². The van der Waals surface area contributed by atoms with E-state index >= 15 is 0 Å². The topological polar surface area (TPSA) is 70.2 Å². The number of carbonyl (C=O) groups is 1. The molecule has 1 amide bonds. The summed E-state index contributed by atoms with van der Waals surface area (Å²) < 4.78 is 5.76. The molecule has 1 aromatic carbocycles. The zero-order valence-corrected chi connectivity index (χ0v) is 13.8. The lowest BCUT2D eigenvalue weighted by Gasteiger charge is -2.23. The summed E-state index contributed by atoms with van der Waals surface area (Å²) in [5.41, 5.74) is 3.10. The number of nitrogens with one attached hydrogen (secondary N) is 2. The quantitative estimate of drug-likeness (QED) is 0.903. The Morgan fingerprint density at radius 1 is 1.46 bits per heavy atom. The van der Waals surface area contributed by atoms with Crippen LogP contribution < -0.4 is 10.1 Å². The molecule has 2 aromatic rings. The van der Waals surface area contributed by atoms with Crippen LogP contribution in [0.15, 0.2) is 24.3 Å². The smallest absolute Gasteiger partial charge is 0.269 e. The summed E-state index contributed by atoms with van der Waals surface area (Å²) >= 11 is 0. The number of ether oxygens (including phenoxy) is 1. The van der Waals surface area contributed by atoms with E-state index in [0.29, 0.717) is 24.9 Å². The van der Waals surface area contributed by atoms with E-state index in [9.17, 15) is 4.79 Å². The Balaban J connectivity index is 1.50. The molecule has 126 valence electrons. The van der Waals surface area contributed by atoms with Crippen LogP contribution in [0.25, 0.3) is 11.3 Å². The van der Waals surface area contributed by atoms with Gasteiger partial charge in [-0.05, 0) is 38.1 Å². The van der Waals surface area contributed by atoms with Gasteiger partial charge in [0.05, 0.1) is 0 Å². The Morgan fingerprint density at radius 2 is 2.33 bits per heavy atom. The number of carbonyl (C=O) groups excluding carboxylic acids is 1. The van der Waals surface area contributed by atoms with E-state index in [-0.39, 0.29) is 5.91 Å². The van der Waals surface area contributed by atoms with E-state index in [1.54, 1.807) is 0 Å². The third-order valence-electron chi connectivity index (χ3n) is 5.01. The van der Waals surface area contributed by atoms with Gasteiger partial charge in [0.1, 0.15) is 23.7 Å². The second kappa shape index (κ2) is 6.28. The van der Waals surface area contributed by atoms with Gasteiger partial charge in [-0.25, -0.2) is 0 Å². The van der Waals surface area contributed by atoms with Crippen molar-refractivity contribution in [2.45, 2.75) is 32.4 Å². The van der Waals surface area contributed by atoms with Crippen molar-refractivity contribution in [2.75, 3.05) is 19.6 Å². The van der Waals surface area contributed by atoms with E-state index in [2.05, 4.69) is 27.3 Å². The predicted molar refractivity (Wildman–Crippen MR) is 91.0 cm³/mol. The number of para-hydroxylation sites is 1. The molecule has 1 unspecified atom stereocenters. The molecule has 0 bridgehead atoms. The highest BCUT2D eigenvalue weighted by Gasteiger charge is 2.28. The number of aromatic amines is 1. The number of fused-ring (bicyclic) bond motifs is 3. The van der Waals surface area contributed by atoms with Crippen molar-refractivity contribution >= 4 is 5.91 Å². The van der Waals surface area contributed by atoms with Crippen LogP contribution in [0.3, 0.4) is 0 Å². The monoisotopic (exact) mass is 326 g/mol. The number of rotatable bonds is 4. The Hall–Kier alpha value is -2.34. The number of likely N-dealkylation sites (N-methyl/N-ethyl adjacent to an activating group) is 1. The highest BCUT2D eigenvalue weighted by molar-refractivity contribution is 5.96. The SMILES string of the molecule is CCN1CCCC1CNC(=O)c1[nH]nc2c1COc1ccccc1-2. The van der Waals surface area contributed by atoms with Crippen molar-refractivity contribution in [3.8, 4) is 17.0 Å². The molecular weight excluding hydrogens is 304 g/mol. The molecule has 0 aliphatic carbocycles. The largest absolute Gasteiger partial charge is 0.488 e. The normalized spacial score (nSPS) is 19.5. The number of H-pyrrole nitrogens is 1. The Kier molecular flexibility index (Phi) is 3.98. The number of likely N-dealkylation sites (tertiary alicyclic amines) is 1. The summed E-state index contributed by atoms with van der Waals surface area (Å²) in [7, 11) is 0. The molecule has 2 aliphatic rings. The number of hydrogen-bond donors (Lipinski definition) is 2. The molecule has 1 atom stereocenters. The van der Waals surface area contributed by atoms with Gasteiger partial charge in [0.2, 0.25) is 0 Å². The average molecular weight is 326 g/mol. The van der Waals surface area contributed by atoms with E-state index in [1.807, 2.05) is 24.3 Å². The number of benzene rings is 1. The summed E-state index contributed by atoms with van der Waals surface area (Å²) in [4.78, 5) is 15.0. The third-order valence-corrected chi connectivity index (χ3v) is 5.01. The molecule has 0 saturated carbocycles. The second-order valence-corrected chi connectivity index (χ2v) is 6.35. The maximum atomic E-state index is 12.6. The highest BCUT2D eigenvalue weighted by Crippen LogP contribution is 2.36. The number of nitrogens with zero attached hydrogens (tertiary/aromatic N) is 2. The maximum Gasteiger partial charge on any atom is 0.269 e. The van der Waals surface area contributed by atoms with Crippen molar-refractivity contribution in [1.29, 1.82) is 0 Å². The van der Waals surface area contributed by atoms with E-state index in [4.69, 9.17) is 4.74 Å². The first-order chi connectivity index (χ1) is 11.8. The number of hydrogen-bond acceptors (Lipinski definition) is 4. The molecule has 1 saturated heterocycles. The summed E-state index contributed by atoms with van der Waals surface area (Å²) in [5, 5.41) is 10.3. The fourth-order valence-electron chi connectivity index (χ4n) is 3.70. The van der Waals surface area contributed by atoms with Gasteiger partial charge in [-0.3, -0.25) is 14.8 Å². The molecule has 2 N–H and O–H groups in total. The molecule has 24 heavy (non-hydrogen) atoms. The molecule has 0 spiro atoms. The molecule has 3 heterocycles. The lowest BCUT2D eigenvalue weighted by atomic mass is 10.0. The minimum Gasteiger partial charge on any atom is -0.488 e. The Bertz CT molecular complexity index is 755. The third kappa shape index (κ3) is 2.57. The molecular formula is C18H22N4O2. The molecule has 6 heteroatoms. The Labute approximate surface area is 141 Å². The van der Waals surface area contributed by atoms with E-state index < -0.39 is 0 Å². The zero-order valence-electron chi connectivity index (χ0n) is 13.8. The molecule has 6 nitrogen and oxygen atoms in total. The van der Waals surface area contributed by atoms with Crippen molar-refractivity contribution in [3.63, 3.8) is 0 Å². The average Bonchev–Trinajstić information content (AvgIpc) is 3.26. The van der Waals surface area contributed by atoms with E-state index in [0.717, 1.165) is 42.1 Å². The first kappa shape index (κ1) is 15.2. The number of amides is 1. The first-order valence-electron chi connectivity index (χ1n) is 8.59. The first-order valence-corrected chi connectivity index (χ1v) is 8.59. The van der Waals surface area contributed by atoms with Gasteiger partial charge in [0, 0.05) is 23.7 Å². The fraction of sp³-hybridized carbons (Fsp3) is 0.444.